The van der Waals surface area contributed by atoms with Crippen molar-refractivity contribution in [2.45, 2.75) is 161 Å². The Labute approximate surface area is 807 Å². The Morgan fingerprint density at radius 1 is 0.321 bits per heavy atom. The van der Waals surface area contributed by atoms with Crippen molar-refractivity contribution in [1.82, 2.24) is 39.9 Å². The number of rotatable bonds is 36. The van der Waals surface area contributed by atoms with Crippen LogP contribution < -0.4 is 42.6 Å². The Morgan fingerprint density at radius 3 is 0.737 bits per heavy atom. The molecule has 0 radical (unpaired) electrons. The Hall–Kier alpha value is -15.4. The summed E-state index contributed by atoms with van der Waals surface area (Å²) in [5.74, 6) is 58.3. The molecule has 4 N–H and O–H groups in total. The fourth-order valence-corrected chi connectivity index (χ4v) is 13.0. The van der Waals surface area contributed by atoms with Gasteiger partial charge in [0.1, 0.15) is 175 Å². The first-order chi connectivity index (χ1) is 66.1. The van der Waals surface area contributed by atoms with Crippen molar-refractivity contribution >= 4 is 8.07 Å². The second-order valence-corrected chi connectivity index (χ2v) is 38.6. The standard InChI is InChI=1S/C114H114N8O14Si/c1-18-27-52-127-98-63-82(36-35-81-61-80(26-9)62-106(113(10,11)12)111(81)136-112-110(126)109(125)108(124)107(79-123)135-112)115-83(64-98)37-38-84-65-99(128-53-28-19-2)66-85(116-84)39-40-86-67-100(129-54-29-20-3)68-87(117-86)41-42-88-69-101(130-55-30-21-4)70-89(118-88)43-44-90-71-102(131-56-31-22-5)72-91(119-90)45-46-92-73-103(132-57-32-23-6)74-93(120-92)47-48-94-75-104(133-58-33-24-7)76-95(121-94)49-50-96-77-105(134-59-34-25-8)78-97(122-96)51-60-137(16,17)114(13,14)15/h18-25,61-78,107-110,112,123-126H,1-8,26-34,52-59,79H2,9-17H3/t107-,108-,109+,110-,112+/m1/s1. The third-order valence-corrected chi connectivity index (χ3v) is 25.0. The maximum Gasteiger partial charge on any atom is 0.229 e. The largest absolute Gasteiger partial charge is 0.493 e. The number of pyridine rings is 8. The molecule has 22 nitrogen and oxygen atoms in total. The van der Waals surface area contributed by atoms with E-state index in [1.165, 1.54) is 0 Å². The molecule has 1 fully saturated rings. The summed E-state index contributed by atoms with van der Waals surface area (Å²) in [6.07, 6.45) is 11.8. The number of aryl methyl sites for hydroxylation is 1. The molecule has 1 aromatic carbocycles. The first kappa shape index (κ1) is 104. The minimum absolute atomic E-state index is 0.0457. The van der Waals surface area contributed by atoms with E-state index >= 15 is 0 Å². The van der Waals surface area contributed by atoms with Crippen LogP contribution in [0, 0.1) is 106 Å². The average Bonchev–Trinajstić information content (AvgIpc) is 0.773. The van der Waals surface area contributed by atoms with Crippen LogP contribution in [0.15, 0.2) is 210 Å². The van der Waals surface area contributed by atoms with Crippen LogP contribution in [-0.4, -0.2) is 159 Å². The van der Waals surface area contributed by atoms with Gasteiger partial charge in [-0.15, -0.1) is 58.2 Å². The molecule has 0 unspecified atom stereocenters. The lowest BCUT2D eigenvalue weighted by Crippen LogP contribution is -2.60. The summed E-state index contributed by atoms with van der Waals surface area (Å²) in [7, 11) is -1.98. The monoisotopic (exact) mass is 1850 g/mol. The second-order valence-electron chi connectivity index (χ2n) is 33.6. The van der Waals surface area contributed by atoms with E-state index in [9.17, 15) is 20.4 Å². The number of hydrogen-bond acceptors (Lipinski definition) is 22. The highest BCUT2D eigenvalue weighted by Gasteiger charge is 2.45. The van der Waals surface area contributed by atoms with Gasteiger partial charge in [-0.05, 0) is 169 Å². The van der Waals surface area contributed by atoms with Crippen LogP contribution in [0.25, 0.3) is 0 Å². The molecular weight excluding hydrogens is 1730 g/mol. The van der Waals surface area contributed by atoms with Crippen LogP contribution in [0.5, 0.6) is 51.7 Å². The summed E-state index contributed by atoms with van der Waals surface area (Å²) in [4.78, 5) is 38.8. The minimum Gasteiger partial charge on any atom is -0.493 e. The summed E-state index contributed by atoms with van der Waals surface area (Å²) in [6, 6.07) is 31.5. The molecule has 0 amide bonds. The first-order valence-electron chi connectivity index (χ1n) is 45.0. The van der Waals surface area contributed by atoms with Gasteiger partial charge in [0.2, 0.25) is 6.29 Å². The Bertz CT molecular complexity index is 6530. The molecule has 5 atom stereocenters. The Kier molecular flexibility index (Phi) is 39.6. The molecule has 10 rings (SSSR count). The fraction of sp³-hybridized carbons (Fsp3) is 0.298. The van der Waals surface area contributed by atoms with Gasteiger partial charge in [0.25, 0.3) is 0 Å². The maximum atomic E-state index is 11.1. The van der Waals surface area contributed by atoms with E-state index in [0.29, 0.717) is 253 Å². The van der Waals surface area contributed by atoms with Crippen LogP contribution >= 0.6 is 0 Å². The lowest BCUT2D eigenvalue weighted by molar-refractivity contribution is -0.277. The summed E-state index contributed by atoms with van der Waals surface area (Å²) in [6.45, 7) is 52.2. The van der Waals surface area contributed by atoms with E-state index in [1.807, 2.05) is 45.9 Å². The normalized spacial score (nSPS) is 13.9. The zero-order valence-corrected chi connectivity index (χ0v) is 80.2. The van der Waals surface area contributed by atoms with Crippen LogP contribution in [-0.2, 0) is 16.6 Å². The minimum atomic E-state index is -1.98. The van der Waals surface area contributed by atoms with Gasteiger partial charge < -0.3 is 67.8 Å². The molecule has 698 valence electrons. The van der Waals surface area contributed by atoms with Crippen molar-refractivity contribution in [2.75, 3.05) is 59.5 Å². The molecule has 8 aromatic heterocycles. The number of ether oxygens (including phenoxy) is 10. The summed E-state index contributed by atoms with van der Waals surface area (Å²) in [5.41, 5.74) is 10.6. The van der Waals surface area contributed by atoms with Crippen molar-refractivity contribution in [2.24, 2.45) is 0 Å². The number of aromatic nitrogens is 8. The molecule has 1 aliphatic heterocycles. The predicted octanol–water partition coefficient (Wildman–Crippen LogP) is 17.1. The van der Waals surface area contributed by atoms with E-state index in [1.54, 1.807) is 140 Å². The zero-order chi connectivity index (χ0) is 98.1. The van der Waals surface area contributed by atoms with Gasteiger partial charge in [-0.1, -0.05) is 128 Å². The smallest absolute Gasteiger partial charge is 0.229 e. The molecular formula is C114H114N8O14Si. The number of nitrogens with zero attached hydrogens (tertiary/aromatic N) is 8. The molecule has 1 aliphatic rings. The third kappa shape index (κ3) is 33.3. The van der Waals surface area contributed by atoms with Gasteiger partial charge in [-0.2, -0.15) is 0 Å². The van der Waals surface area contributed by atoms with Gasteiger partial charge in [0.15, 0.2) is 0 Å². The Morgan fingerprint density at radius 2 is 0.540 bits per heavy atom. The summed E-state index contributed by atoms with van der Waals surface area (Å²) in [5, 5.41) is 42.6. The molecule has 1 saturated heterocycles. The molecule has 137 heavy (non-hydrogen) atoms. The van der Waals surface area contributed by atoms with Crippen molar-refractivity contribution in [3.63, 3.8) is 0 Å². The zero-order valence-electron chi connectivity index (χ0n) is 79.2. The summed E-state index contributed by atoms with van der Waals surface area (Å²) < 4.78 is 61.7. The molecule has 9 aromatic rings. The highest BCUT2D eigenvalue weighted by molar-refractivity contribution is 6.87. The lowest BCUT2D eigenvalue weighted by atomic mass is 9.83. The number of hydrogen-bond donors (Lipinski definition) is 4. The van der Waals surface area contributed by atoms with Crippen LogP contribution in [0.4, 0.5) is 0 Å². The van der Waals surface area contributed by atoms with Gasteiger partial charge >= 0.3 is 0 Å². The fourth-order valence-electron chi connectivity index (χ4n) is 12.2. The second kappa shape index (κ2) is 52.3. The van der Waals surface area contributed by atoms with Crippen molar-refractivity contribution in [3.8, 4) is 158 Å². The van der Waals surface area contributed by atoms with E-state index in [4.69, 9.17) is 87.2 Å². The average molecular weight is 1850 g/mol. The molecule has 0 aliphatic carbocycles. The van der Waals surface area contributed by atoms with Gasteiger partial charge in [0.05, 0.1) is 65.0 Å². The predicted molar refractivity (Wildman–Crippen MR) is 537 cm³/mol. The van der Waals surface area contributed by atoms with Crippen molar-refractivity contribution < 1.29 is 67.8 Å². The van der Waals surface area contributed by atoms with Gasteiger partial charge in [0, 0.05) is 103 Å². The highest BCUT2D eigenvalue weighted by atomic mass is 28.3. The van der Waals surface area contributed by atoms with E-state index in [2.05, 4.69) is 193 Å². The maximum absolute atomic E-state index is 11.1. The van der Waals surface area contributed by atoms with Gasteiger partial charge in [-0.3, -0.25) is 0 Å². The number of aliphatic hydroxyl groups is 4. The van der Waals surface area contributed by atoms with Crippen LogP contribution in [0.2, 0.25) is 18.1 Å². The van der Waals surface area contributed by atoms with Crippen LogP contribution in [0.3, 0.4) is 0 Å². The van der Waals surface area contributed by atoms with Crippen LogP contribution in [0.1, 0.15) is 208 Å². The molecule has 0 bridgehead atoms. The van der Waals surface area contributed by atoms with E-state index < -0.39 is 50.8 Å². The SMILES string of the molecule is C=CCCOc1cc(C#Cc2cc(OCCC=C)cc(C#Cc3cc(OCCC=C)cc(C#Cc4cc(OCCC=C)cc(C#Cc5cc(OCCC=C)cc(C#C[Si](C)(C)C(C)(C)C)n5)n4)n3)n2)nc(C#Cc2cc(OCCC=C)cc(C#Cc3cc(OCCC=C)cc(C#Cc4cc(OCCC=C)cc(C#Cc5cc(CC)cc(C(C)(C)C)c5O[C@@H]5O[C@H](CO)[C@@H](O)[C@H](O)[C@H]5O)n4)n3)n2)c1. The quantitative estimate of drug-likeness (QED) is 0.0123. The lowest BCUT2D eigenvalue weighted by Gasteiger charge is -2.40. The Balaban J connectivity index is 0.967. The topological polar surface area (TPSA) is 276 Å². The van der Waals surface area contributed by atoms with E-state index in [-0.39, 0.29) is 10.8 Å². The molecule has 0 saturated carbocycles. The third-order valence-electron chi connectivity index (χ3n) is 20.5. The van der Waals surface area contributed by atoms with Crippen molar-refractivity contribution in [3.05, 3.63) is 318 Å². The van der Waals surface area contributed by atoms with Gasteiger partial charge in [-0.25, -0.2) is 39.9 Å². The molecule has 0 spiro atoms. The summed E-state index contributed by atoms with van der Waals surface area (Å²) >= 11 is 0. The van der Waals surface area contributed by atoms with E-state index in [0.717, 1.165) is 11.1 Å². The first-order valence-corrected chi connectivity index (χ1v) is 48.0. The highest BCUT2D eigenvalue weighted by Crippen LogP contribution is 2.39. The molecule has 23 heteroatoms. The number of benzene rings is 1. The number of aliphatic hydroxyl groups excluding tert-OH is 4. The van der Waals surface area contributed by atoms with Crippen molar-refractivity contribution in [1.29, 1.82) is 0 Å². The molecule has 9 heterocycles.